The van der Waals surface area contributed by atoms with Crippen molar-refractivity contribution in [2.24, 2.45) is 10.2 Å². The van der Waals surface area contributed by atoms with Crippen molar-refractivity contribution in [2.45, 2.75) is 0 Å². The van der Waals surface area contributed by atoms with E-state index in [1.165, 1.54) is 18.2 Å². The van der Waals surface area contributed by atoms with Crippen molar-refractivity contribution in [3.05, 3.63) is 107 Å². The van der Waals surface area contributed by atoms with E-state index < -0.39 is 92.7 Å². The SMILES string of the molecule is [Na+].[O-]c1ccc(N=Nc2ccccc2B(c2c(F)c(F)c(F)c(F)c2F)c2c(F)c(F)c(F)c(F)c2F)cc1. The molecule has 0 unspecified atom stereocenters. The number of halogens is 10. The van der Waals surface area contributed by atoms with Crippen molar-refractivity contribution < 1.29 is 78.6 Å². The van der Waals surface area contributed by atoms with E-state index in [2.05, 4.69) is 10.2 Å². The molecular weight excluding hydrogens is 556 g/mol. The minimum absolute atomic E-state index is 0. The Morgan fingerprint density at radius 1 is 0.487 bits per heavy atom. The molecule has 0 aromatic heterocycles. The zero-order valence-electron chi connectivity index (χ0n) is 19.3. The van der Waals surface area contributed by atoms with Gasteiger partial charge < -0.3 is 5.11 Å². The fourth-order valence-corrected chi connectivity index (χ4v) is 3.65. The molecule has 3 nitrogen and oxygen atoms in total. The molecule has 0 saturated heterocycles. The van der Waals surface area contributed by atoms with Crippen molar-refractivity contribution in [3.63, 3.8) is 0 Å². The molecule has 4 aromatic rings. The number of azo groups is 1. The first-order valence-corrected chi connectivity index (χ1v) is 10.3. The van der Waals surface area contributed by atoms with Gasteiger partial charge in [-0.15, -0.1) is 5.75 Å². The third kappa shape index (κ3) is 5.41. The van der Waals surface area contributed by atoms with E-state index in [9.17, 15) is 49.0 Å². The van der Waals surface area contributed by atoms with Gasteiger partial charge in [-0.05, 0) is 23.7 Å². The number of hydrogen-bond donors (Lipinski definition) is 0. The van der Waals surface area contributed by atoms with Gasteiger partial charge in [0.25, 0.3) is 6.71 Å². The summed E-state index contributed by atoms with van der Waals surface area (Å²) in [6.45, 7) is -2.79. The quantitative estimate of drug-likeness (QED) is 0.121. The second-order valence-electron chi connectivity index (χ2n) is 7.65. The van der Waals surface area contributed by atoms with Crippen molar-refractivity contribution in [2.75, 3.05) is 0 Å². The van der Waals surface area contributed by atoms with Crippen LogP contribution in [0.15, 0.2) is 58.8 Å². The van der Waals surface area contributed by atoms with Crippen molar-refractivity contribution in [3.8, 4) is 5.75 Å². The monoisotopic (exact) mass is 564 g/mol. The number of rotatable bonds is 5. The van der Waals surface area contributed by atoms with Crippen LogP contribution in [0.2, 0.25) is 0 Å². The zero-order chi connectivity index (χ0) is 27.9. The van der Waals surface area contributed by atoms with Gasteiger partial charge in [0.05, 0.1) is 11.4 Å². The fraction of sp³-hybridized carbons (Fsp3) is 0. The molecule has 0 amide bonds. The summed E-state index contributed by atoms with van der Waals surface area (Å²) in [5.74, 6) is -26.0. The predicted octanol–water partition coefficient (Wildman–Crippen LogP) is 2.09. The van der Waals surface area contributed by atoms with Crippen LogP contribution in [0.5, 0.6) is 5.75 Å². The van der Waals surface area contributed by atoms with Crippen molar-refractivity contribution in [1.82, 2.24) is 0 Å². The molecule has 0 bridgehead atoms. The number of benzene rings is 4. The molecule has 0 N–H and O–H groups in total. The van der Waals surface area contributed by atoms with Crippen LogP contribution in [0.4, 0.5) is 55.3 Å². The third-order valence-electron chi connectivity index (χ3n) is 5.42. The van der Waals surface area contributed by atoms with Crippen LogP contribution in [-0.2, 0) is 0 Å². The normalized spacial score (nSPS) is 11.1. The maximum Gasteiger partial charge on any atom is 1.00 e. The van der Waals surface area contributed by atoms with E-state index in [1.54, 1.807) is 0 Å². The summed E-state index contributed by atoms with van der Waals surface area (Å²) in [4.78, 5) is 0. The minimum atomic E-state index is -2.79. The summed E-state index contributed by atoms with van der Waals surface area (Å²) in [6, 6.07) is 8.78. The molecule has 194 valence electrons. The number of nitrogens with zero attached hydrogens (tertiary/aromatic N) is 2. The zero-order valence-corrected chi connectivity index (χ0v) is 21.3. The Hall–Kier alpha value is -3.36. The Kier molecular flexibility index (Phi) is 9.14. The smallest absolute Gasteiger partial charge is 0.872 e. The molecule has 4 rings (SSSR count). The maximum atomic E-state index is 14.9. The van der Waals surface area contributed by atoms with Crippen LogP contribution in [0, 0.1) is 58.2 Å². The van der Waals surface area contributed by atoms with E-state index in [1.807, 2.05) is 0 Å². The van der Waals surface area contributed by atoms with E-state index in [0.717, 1.165) is 30.3 Å². The fourth-order valence-electron chi connectivity index (χ4n) is 3.65. The first-order valence-electron chi connectivity index (χ1n) is 10.3. The summed E-state index contributed by atoms with van der Waals surface area (Å²) in [5, 5.41) is 18.7. The first-order chi connectivity index (χ1) is 18.0. The molecule has 0 aliphatic rings. The van der Waals surface area contributed by atoms with Gasteiger partial charge in [-0.3, -0.25) is 0 Å². The van der Waals surface area contributed by atoms with Crippen molar-refractivity contribution >= 4 is 34.5 Å². The van der Waals surface area contributed by atoms with E-state index in [-0.39, 0.29) is 35.2 Å². The molecule has 0 atom stereocenters. The molecule has 15 heteroatoms. The summed E-state index contributed by atoms with van der Waals surface area (Å²) < 4.78 is 143. The molecule has 0 aliphatic heterocycles. The maximum absolute atomic E-state index is 14.9. The second kappa shape index (κ2) is 11.8. The summed E-state index contributed by atoms with van der Waals surface area (Å²) in [5.41, 5.74) is -5.01. The van der Waals surface area contributed by atoms with Crippen molar-refractivity contribution in [1.29, 1.82) is 0 Å². The van der Waals surface area contributed by atoms with Gasteiger partial charge in [-0.2, -0.15) is 10.2 Å². The molecule has 0 aliphatic carbocycles. The molecule has 0 fully saturated rings. The van der Waals surface area contributed by atoms with Gasteiger partial charge >= 0.3 is 29.6 Å². The molecule has 0 saturated carbocycles. The van der Waals surface area contributed by atoms with Gasteiger partial charge in [0.1, 0.15) is 0 Å². The van der Waals surface area contributed by atoms with Crippen LogP contribution >= 0.6 is 0 Å². The average Bonchev–Trinajstić information content (AvgIpc) is 2.92. The van der Waals surface area contributed by atoms with E-state index in [4.69, 9.17) is 0 Å². The number of hydrogen-bond acceptors (Lipinski definition) is 3. The summed E-state index contributed by atoms with van der Waals surface area (Å²) in [7, 11) is 0. The molecule has 39 heavy (non-hydrogen) atoms. The Morgan fingerprint density at radius 3 is 1.31 bits per heavy atom. The standard InChI is InChI=1S/C24H9BF10N2O.Na/c26-15-13(16(27)20(31)23(34)19(15)30)25(14-17(28)21(32)24(35)22(33)18(14)29)11-3-1-2-4-12(11)37-36-9-5-7-10(38)8-6-9;/h1-8,38H;/q;+1/p-1. The summed E-state index contributed by atoms with van der Waals surface area (Å²) in [6.07, 6.45) is 0. The average molecular weight is 564 g/mol. The Morgan fingerprint density at radius 2 is 0.872 bits per heavy atom. The largest absolute Gasteiger partial charge is 1.00 e. The van der Waals surface area contributed by atoms with Gasteiger partial charge in [0.2, 0.25) is 0 Å². The van der Waals surface area contributed by atoms with Crippen LogP contribution in [-0.4, -0.2) is 6.71 Å². The summed E-state index contributed by atoms with van der Waals surface area (Å²) >= 11 is 0. The van der Waals surface area contributed by atoms with Crippen LogP contribution in [0.1, 0.15) is 0 Å². The Balaban J connectivity index is 0.00000420. The van der Waals surface area contributed by atoms with Crippen LogP contribution in [0.3, 0.4) is 0 Å². The molecule has 0 radical (unpaired) electrons. The second-order valence-corrected chi connectivity index (χ2v) is 7.65. The van der Waals surface area contributed by atoms with Gasteiger partial charge in [0.15, 0.2) is 58.2 Å². The Labute approximate surface area is 235 Å². The first kappa shape index (κ1) is 30.2. The molecular formula is C24H8BF10N2NaO. The van der Waals surface area contributed by atoms with Crippen LogP contribution in [0.25, 0.3) is 0 Å². The predicted molar refractivity (Wildman–Crippen MR) is 114 cm³/mol. The molecule has 4 aromatic carbocycles. The third-order valence-corrected chi connectivity index (χ3v) is 5.42. The van der Waals surface area contributed by atoms with Gasteiger partial charge in [0, 0.05) is 10.9 Å². The van der Waals surface area contributed by atoms with Gasteiger partial charge in [-0.1, -0.05) is 30.3 Å². The molecule has 0 heterocycles. The minimum Gasteiger partial charge on any atom is -0.872 e. The van der Waals surface area contributed by atoms with E-state index >= 15 is 0 Å². The van der Waals surface area contributed by atoms with E-state index in [0.29, 0.717) is 0 Å². The topological polar surface area (TPSA) is 47.8 Å². The van der Waals surface area contributed by atoms with Crippen LogP contribution < -0.4 is 51.1 Å². The van der Waals surface area contributed by atoms with Gasteiger partial charge in [-0.25, -0.2) is 43.9 Å². The molecule has 0 spiro atoms. The Bertz CT molecular complexity index is 1470.